The Morgan fingerprint density at radius 2 is 1.51 bits per heavy atom. The van der Waals surface area contributed by atoms with Crippen molar-refractivity contribution >= 4 is 23.9 Å². The van der Waals surface area contributed by atoms with Crippen LogP contribution >= 0.6 is 0 Å². The van der Waals surface area contributed by atoms with E-state index in [1.165, 1.54) is 27.9 Å². The molecule has 0 saturated heterocycles. The minimum absolute atomic E-state index is 0.0215. The third-order valence-corrected chi connectivity index (χ3v) is 11.4. The van der Waals surface area contributed by atoms with Crippen molar-refractivity contribution in [3.8, 4) is 0 Å². The molecule has 39 heavy (non-hydrogen) atoms. The first-order chi connectivity index (χ1) is 18.3. The van der Waals surface area contributed by atoms with Crippen molar-refractivity contribution in [1.29, 1.82) is 0 Å². The molecule has 0 bridgehead atoms. The maximum atomic E-state index is 12.5. The second kappa shape index (κ2) is 11.4. The molecule has 0 aromatic rings. The lowest BCUT2D eigenvalue weighted by Crippen LogP contribution is -2.63. The quantitative estimate of drug-likeness (QED) is 0.314. The maximum Gasteiger partial charge on any atom is 0.305 e. The summed E-state index contributed by atoms with van der Waals surface area (Å²) in [7, 11) is 1.42. The highest BCUT2D eigenvalue weighted by molar-refractivity contribution is 5.69. The van der Waals surface area contributed by atoms with Crippen LogP contribution in [-0.4, -0.2) is 49.3 Å². The van der Waals surface area contributed by atoms with E-state index in [1.807, 2.05) is 0 Å². The highest BCUT2D eigenvalue weighted by Crippen LogP contribution is 2.69. The molecule has 0 spiro atoms. The molecule has 4 saturated carbocycles. The number of esters is 4. The Morgan fingerprint density at radius 3 is 2.13 bits per heavy atom. The molecule has 220 valence electrons. The van der Waals surface area contributed by atoms with Gasteiger partial charge in [0.15, 0.2) is 0 Å². The highest BCUT2D eigenvalue weighted by Gasteiger charge is 2.67. The fourth-order valence-electron chi connectivity index (χ4n) is 9.77. The van der Waals surface area contributed by atoms with Gasteiger partial charge in [0, 0.05) is 38.5 Å². The van der Waals surface area contributed by atoms with Gasteiger partial charge in [0.2, 0.25) is 0 Å². The molecule has 4 aliphatic rings. The molecule has 0 radical (unpaired) electrons. The van der Waals surface area contributed by atoms with Crippen molar-refractivity contribution < 1.29 is 38.1 Å². The van der Waals surface area contributed by atoms with Crippen LogP contribution in [0.2, 0.25) is 0 Å². The van der Waals surface area contributed by atoms with Gasteiger partial charge in [0.05, 0.1) is 7.11 Å². The summed E-state index contributed by atoms with van der Waals surface area (Å²) < 4.78 is 22.8. The molecule has 0 aromatic carbocycles. The average molecular weight is 549 g/mol. The minimum Gasteiger partial charge on any atom is -0.469 e. The van der Waals surface area contributed by atoms with Crippen LogP contribution in [0.25, 0.3) is 0 Å². The van der Waals surface area contributed by atoms with E-state index in [2.05, 4.69) is 20.8 Å². The standard InChI is InChI=1S/C31H48O8/c1-17(8-11-28(35)36-7)23-9-10-24-29-25(16-27(31(23,24)6)39-20(4)34)30(5)13-12-22(37-18(2)32)14-21(30)15-26(29)38-19(3)33/h17,21-27,29H,8-16H2,1-7H3/t17-,21+,22-,23-,24+,25-,26-,27+,29-,30+,31-/m1/s1. The zero-order valence-corrected chi connectivity index (χ0v) is 24.8. The van der Waals surface area contributed by atoms with Crippen molar-refractivity contribution in [2.75, 3.05) is 7.11 Å². The summed E-state index contributed by atoms with van der Waals surface area (Å²) in [5.74, 6) is 0.438. The van der Waals surface area contributed by atoms with E-state index in [-0.39, 0.29) is 88.5 Å². The summed E-state index contributed by atoms with van der Waals surface area (Å²) in [5.41, 5.74) is -0.300. The van der Waals surface area contributed by atoms with E-state index in [9.17, 15) is 19.2 Å². The lowest BCUT2D eigenvalue weighted by molar-refractivity contribution is -0.224. The van der Waals surface area contributed by atoms with Gasteiger partial charge in [-0.3, -0.25) is 19.2 Å². The molecule has 4 fully saturated rings. The molecular weight excluding hydrogens is 500 g/mol. The number of rotatable bonds is 7. The lowest BCUT2D eigenvalue weighted by Gasteiger charge is -2.64. The molecule has 4 aliphatic carbocycles. The summed E-state index contributed by atoms with van der Waals surface area (Å²) in [4.78, 5) is 48.5. The van der Waals surface area contributed by atoms with E-state index < -0.39 is 0 Å². The summed E-state index contributed by atoms with van der Waals surface area (Å²) in [6.45, 7) is 11.3. The first kappa shape index (κ1) is 29.9. The van der Waals surface area contributed by atoms with E-state index in [0.29, 0.717) is 6.42 Å². The number of hydrogen-bond donors (Lipinski definition) is 0. The van der Waals surface area contributed by atoms with Gasteiger partial charge in [0.1, 0.15) is 18.3 Å². The second-order valence-electron chi connectivity index (χ2n) is 13.4. The van der Waals surface area contributed by atoms with E-state index in [0.717, 1.165) is 51.4 Å². The topological polar surface area (TPSA) is 105 Å². The molecule has 0 aromatic heterocycles. The monoisotopic (exact) mass is 548 g/mol. The lowest BCUT2D eigenvalue weighted by atomic mass is 9.43. The maximum absolute atomic E-state index is 12.5. The fraction of sp³-hybridized carbons (Fsp3) is 0.871. The van der Waals surface area contributed by atoms with Crippen molar-refractivity contribution in [2.24, 2.45) is 46.3 Å². The van der Waals surface area contributed by atoms with Crippen LogP contribution in [0.1, 0.15) is 99.3 Å². The first-order valence-corrected chi connectivity index (χ1v) is 14.9. The number of methoxy groups -OCH3 is 1. The first-order valence-electron chi connectivity index (χ1n) is 14.9. The van der Waals surface area contributed by atoms with E-state index >= 15 is 0 Å². The summed E-state index contributed by atoms with van der Waals surface area (Å²) in [6, 6.07) is 0. The predicted molar refractivity (Wildman–Crippen MR) is 143 cm³/mol. The van der Waals surface area contributed by atoms with Gasteiger partial charge in [-0.1, -0.05) is 20.8 Å². The Balaban J connectivity index is 1.70. The van der Waals surface area contributed by atoms with Gasteiger partial charge in [-0.15, -0.1) is 0 Å². The Morgan fingerprint density at radius 1 is 0.846 bits per heavy atom. The number of carbonyl (C=O) groups excluding carboxylic acids is 4. The highest BCUT2D eigenvalue weighted by atomic mass is 16.6. The Bertz CT molecular complexity index is 962. The molecule has 11 atom stereocenters. The molecule has 0 unspecified atom stereocenters. The van der Waals surface area contributed by atoms with Gasteiger partial charge in [0.25, 0.3) is 0 Å². The summed E-state index contributed by atoms with van der Waals surface area (Å²) in [5, 5.41) is 0. The van der Waals surface area contributed by atoms with Crippen LogP contribution < -0.4 is 0 Å². The van der Waals surface area contributed by atoms with Crippen LogP contribution in [0, 0.1) is 46.3 Å². The summed E-state index contributed by atoms with van der Waals surface area (Å²) in [6.07, 6.45) is 6.53. The molecule has 4 rings (SSSR count). The predicted octanol–water partition coefficient (Wildman–Crippen LogP) is 5.25. The van der Waals surface area contributed by atoms with Gasteiger partial charge in [-0.2, -0.15) is 0 Å². The van der Waals surface area contributed by atoms with Crippen LogP contribution in [0.3, 0.4) is 0 Å². The van der Waals surface area contributed by atoms with Gasteiger partial charge in [-0.25, -0.2) is 0 Å². The average Bonchev–Trinajstić information content (AvgIpc) is 3.20. The molecule has 8 heteroatoms. The third kappa shape index (κ3) is 5.58. The Hall–Kier alpha value is -2.12. The van der Waals surface area contributed by atoms with Gasteiger partial charge in [-0.05, 0) is 86.4 Å². The smallest absolute Gasteiger partial charge is 0.305 e. The number of fused-ring (bicyclic) bond motifs is 5. The van der Waals surface area contributed by atoms with Crippen molar-refractivity contribution in [3.63, 3.8) is 0 Å². The van der Waals surface area contributed by atoms with Crippen LogP contribution in [0.5, 0.6) is 0 Å². The van der Waals surface area contributed by atoms with E-state index in [4.69, 9.17) is 18.9 Å². The molecule has 0 N–H and O–H groups in total. The molecular formula is C31H48O8. The molecule has 0 heterocycles. The minimum atomic E-state index is -0.279. The Kier molecular flexibility index (Phi) is 8.73. The van der Waals surface area contributed by atoms with Gasteiger partial charge < -0.3 is 18.9 Å². The molecule has 8 nitrogen and oxygen atoms in total. The van der Waals surface area contributed by atoms with Crippen LogP contribution in [0.15, 0.2) is 0 Å². The molecule has 0 amide bonds. The van der Waals surface area contributed by atoms with Crippen molar-refractivity contribution in [2.45, 2.75) is 118 Å². The SMILES string of the molecule is COC(=O)CC[C@@H](C)[C@H]1CC[C@H]2[C@@H]3[C@@H](C[C@H](OC(C)=O)[C@]12C)[C@@]1(C)CC[C@@H](OC(C)=O)C[C@H]1C[C@H]3OC(C)=O. The van der Waals surface area contributed by atoms with Crippen molar-refractivity contribution in [3.05, 3.63) is 0 Å². The van der Waals surface area contributed by atoms with Crippen molar-refractivity contribution in [1.82, 2.24) is 0 Å². The number of ether oxygens (including phenoxy) is 4. The Labute approximate surface area is 233 Å². The molecule has 0 aliphatic heterocycles. The van der Waals surface area contributed by atoms with Gasteiger partial charge >= 0.3 is 23.9 Å². The zero-order valence-electron chi connectivity index (χ0n) is 24.8. The number of carbonyl (C=O) groups is 4. The largest absolute Gasteiger partial charge is 0.469 e. The zero-order chi connectivity index (χ0) is 28.7. The van der Waals surface area contributed by atoms with Crippen LogP contribution in [-0.2, 0) is 38.1 Å². The normalized spacial score (nSPS) is 41.7. The number of hydrogen-bond acceptors (Lipinski definition) is 8. The fourth-order valence-corrected chi connectivity index (χ4v) is 9.77. The summed E-state index contributed by atoms with van der Waals surface area (Å²) >= 11 is 0. The second-order valence-corrected chi connectivity index (χ2v) is 13.4. The third-order valence-electron chi connectivity index (χ3n) is 11.4. The van der Waals surface area contributed by atoms with E-state index in [1.54, 1.807) is 0 Å². The van der Waals surface area contributed by atoms with Crippen LogP contribution in [0.4, 0.5) is 0 Å².